The summed E-state index contributed by atoms with van der Waals surface area (Å²) in [5.74, 6) is 0.000684. The number of fused-ring (bicyclic) bond motifs is 1. The van der Waals surface area contributed by atoms with E-state index in [0.29, 0.717) is 28.4 Å². The molecule has 0 aliphatic rings. The van der Waals surface area contributed by atoms with Crippen LogP contribution in [0.3, 0.4) is 0 Å². The smallest absolute Gasteiger partial charge is 0.258 e. The van der Waals surface area contributed by atoms with Crippen molar-refractivity contribution in [3.63, 3.8) is 0 Å². The van der Waals surface area contributed by atoms with Gasteiger partial charge in [-0.3, -0.25) is 14.8 Å². The number of hydrogen-bond donors (Lipinski definition) is 1. The number of amides is 1. The van der Waals surface area contributed by atoms with E-state index in [2.05, 4.69) is 20.3 Å². The van der Waals surface area contributed by atoms with Gasteiger partial charge in [-0.1, -0.05) is 17.7 Å². The first-order valence-electron chi connectivity index (χ1n) is 8.51. The molecule has 0 atom stereocenters. The first kappa shape index (κ1) is 17.5. The Labute approximate surface area is 160 Å². The molecule has 0 fully saturated rings. The molecule has 2 aromatic heterocycles. The van der Waals surface area contributed by atoms with E-state index in [1.807, 2.05) is 31.2 Å². The maximum absolute atomic E-state index is 13.8. The lowest BCUT2D eigenvalue weighted by molar-refractivity contribution is 0.102. The summed E-state index contributed by atoms with van der Waals surface area (Å²) in [5, 5.41) is 2.68. The highest BCUT2D eigenvalue weighted by Crippen LogP contribution is 2.22. The molecule has 4 rings (SSSR count). The standard InChI is InChI=1S/C21H15FN4O2/c1-13-2-5-16(6-3-13)28-19-7-4-15(12-25-19)26-21(27)17-10-14(22)11-18-20(17)24-9-8-23-18/h2-12H,1H3,(H,26,27). The second-order valence-electron chi connectivity index (χ2n) is 6.13. The third kappa shape index (κ3) is 3.78. The number of carbonyl (C=O) groups excluding carboxylic acids is 1. The van der Waals surface area contributed by atoms with Crippen LogP contribution in [0, 0.1) is 12.7 Å². The maximum atomic E-state index is 13.8. The molecule has 0 bridgehead atoms. The van der Waals surface area contributed by atoms with Gasteiger partial charge in [0, 0.05) is 24.5 Å². The van der Waals surface area contributed by atoms with Crippen molar-refractivity contribution in [2.45, 2.75) is 6.92 Å². The highest BCUT2D eigenvalue weighted by Gasteiger charge is 2.14. The summed E-state index contributed by atoms with van der Waals surface area (Å²) in [7, 11) is 0. The molecular formula is C21H15FN4O2. The second kappa shape index (κ2) is 7.40. The zero-order chi connectivity index (χ0) is 19.5. The number of hydrogen-bond acceptors (Lipinski definition) is 5. The number of nitrogens with one attached hydrogen (secondary N) is 1. The van der Waals surface area contributed by atoms with E-state index in [-0.39, 0.29) is 5.56 Å². The van der Waals surface area contributed by atoms with E-state index >= 15 is 0 Å². The first-order valence-corrected chi connectivity index (χ1v) is 8.51. The number of aryl methyl sites for hydroxylation is 1. The maximum Gasteiger partial charge on any atom is 0.258 e. The molecule has 0 unspecified atom stereocenters. The lowest BCUT2D eigenvalue weighted by atomic mass is 10.1. The topological polar surface area (TPSA) is 77.0 Å². The van der Waals surface area contributed by atoms with Crippen LogP contribution in [0.25, 0.3) is 11.0 Å². The molecule has 1 N–H and O–H groups in total. The Morgan fingerprint density at radius 1 is 1.00 bits per heavy atom. The van der Waals surface area contributed by atoms with Crippen molar-refractivity contribution in [2.24, 2.45) is 0 Å². The Morgan fingerprint density at radius 3 is 2.54 bits per heavy atom. The summed E-state index contributed by atoms with van der Waals surface area (Å²) in [6, 6.07) is 13.2. The Kier molecular flexibility index (Phi) is 4.63. The Bertz CT molecular complexity index is 1150. The van der Waals surface area contributed by atoms with Gasteiger partial charge in [0.1, 0.15) is 17.1 Å². The minimum atomic E-state index is -0.557. The Hall–Kier alpha value is -3.87. The van der Waals surface area contributed by atoms with Crippen molar-refractivity contribution in [3.8, 4) is 11.6 Å². The van der Waals surface area contributed by atoms with Crippen LogP contribution in [-0.2, 0) is 0 Å². The second-order valence-corrected chi connectivity index (χ2v) is 6.13. The molecule has 0 spiro atoms. The normalized spacial score (nSPS) is 10.6. The zero-order valence-electron chi connectivity index (χ0n) is 14.9. The average molecular weight is 374 g/mol. The predicted octanol–water partition coefficient (Wildman–Crippen LogP) is 4.52. The number of nitrogens with zero attached hydrogens (tertiary/aromatic N) is 3. The van der Waals surface area contributed by atoms with Crippen LogP contribution in [0.2, 0.25) is 0 Å². The van der Waals surface area contributed by atoms with Crippen LogP contribution < -0.4 is 10.1 Å². The third-order valence-corrected chi connectivity index (χ3v) is 4.02. The highest BCUT2D eigenvalue weighted by molar-refractivity contribution is 6.11. The molecule has 0 saturated heterocycles. The molecule has 7 heteroatoms. The lowest BCUT2D eigenvalue weighted by Gasteiger charge is -2.09. The van der Waals surface area contributed by atoms with Gasteiger partial charge < -0.3 is 10.1 Å². The van der Waals surface area contributed by atoms with Gasteiger partial charge in [-0.15, -0.1) is 0 Å². The van der Waals surface area contributed by atoms with Gasteiger partial charge in [-0.2, -0.15) is 0 Å². The molecule has 0 aliphatic heterocycles. The van der Waals surface area contributed by atoms with Crippen molar-refractivity contribution in [1.29, 1.82) is 0 Å². The van der Waals surface area contributed by atoms with Crippen LogP contribution in [0.1, 0.15) is 15.9 Å². The van der Waals surface area contributed by atoms with Gasteiger partial charge in [0.05, 0.1) is 23.0 Å². The summed E-state index contributed by atoms with van der Waals surface area (Å²) in [4.78, 5) is 24.9. The fourth-order valence-corrected chi connectivity index (χ4v) is 2.65. The molecule has 0 saturated carbocycles. The predicted molar refractivity (Wildman–Crippen MR) is 103 cm³/mol. The van der Waals surface area contributed by atoms with E-state index in [0.717, 1.165) is 11.6 Å². The van der Waals surface area contributed by atoms with E-state index < -0.39 is 11.7 Å². The molecule has 2 heterocycles. The van der Waals surface area contributed by atoms with Crippen LogP contribution in [0.4, 0.5) is 10.1 Å². The molecule has 28 heavy (non-hydrogen) atoms. The first-order chi connectivity index (χ1) is 13.6. The molecule has 2 aromatic carbocycles. The minimum absolute atomic E-state index is 0.100. The van der Waals surface area contributed by atoms with Gasteiger partial charge in [0.2, 0.25) is 5.88 Å². The summed E-state index contributed by atoms with van der Waals surface area (Å²) in [6.45, 7) is 1.99. The molecular weight excluding hydrogens is 359 g/mol. The number of ether oxygens (including phenoxy) is 1. The Balaban J connectivity index is 1.52. The SMILES string of the molecule is Cc1ccc(Oc2ccc(NC(=O)c3cc(F)cc4nccnc34)cn2)cc1. The van der Waals surface area contributed by atoms with Crippen molar-refractivity contribution in [2.75, 3.05) is 5.32 Å². The van der Waals surface area contributed by atoms with Crippen LogP contribution >= 0.6 is 0 Å². The highest BCUT2D eigenvalue weighted by atomic mass is 19.1. The fraction of sp³-hybridized carbons (Fsp3) is 0.0476. The molecule has 0 aliphatic carbocycles. The number of aromatic nitrogens is 3. The fourth-order valence-electron chi connectivity index (χ4n) is 2.65. The van der Waals surface area contributed by atoms with Gasteiger partial charge in [0.15, 0.2) is 0 Å². The summed E-state index contributed by atoms with van der Waals surface area (Å²) in [5.41, 5.74) is 2.32. The van der Waals surface area contributed by atoms with Crippen LogP contribution in [-0.4, -0.2) is 20.9 Å². The number of benzene rings is 2. The summed E-state index contributed by atoms with van der Waals surface area (Å²) < 4.78 is 19.5. The molecule has 1 amide bonds. The molecule has 4 aromatic rings. The average Bonchev–Trinajstić information content (AvgIpc) is 2.70. The largest absolute Gasteiger partial charge is 0.439 e. The zero-order valence-corrected chi connectivity index (χ0v) is 14.9. The van der Waals surface area contributed by atoms with Gasteiger partial charge in [-0.25, -0.2) is 9.37 Å². The lowest BCUT2D eigenvalue weighted by Crippen LogP contribution is -2.13. The molecule has 6 nitrogen and oxygen atoms in total. The van der Waals surface area contributed by atoms with Gasteiger partial charge in [-0.05, 0) is 31.2 Å². The van der Waals surface area contributed by atoms with Crippen molar-refractivity contribution < 1.29 is 13.9 Å². The molecule has 138 valence electrons. The number of pyridine rings is 1. The van der Waals surface area contributed by atoms with Crippen molar-refractivity contribution >= 4 is 22.6 Å². The van der Waals surface area contributed by atoms with Crippen LogP contribution in [0.15, 0.2) is 67.1 Å². The van der Waals surface area contributed by atoms with E-state index in [1.54, 1.807) is 12.1 Å². The number of halogens is 1. The number of rotatable bonds is 4. The molecule has 0 radical (unpaired) electrons. The monoisotopic (exact) mass is 374 g/mol. The van der Waals surface area contributed by atoms with E-state index in [1.165, 1.54) is 24.7 Å². The number of carbonyl (C=O) groups is 1. The van der Waals surface area contributed by atoms with E-state index in [9.17, 15) is 9.18 Å². The van der Waals surface area contributed by atoms with Crippen LogP contribution in [0.5, 0.6) is 11.6 Å². The van der Waals surface area contributed by atoms with Gasteiger partial charge in [0.25, 0.3) is 5.91 Å². The quantitative estimate of drug-likeness (QED) is 0.568. The number of anilines is 1. The van der Waals surface area contributed by atoms with E-state index in [4.69, 9.17) is 4.74 Å². The third-order valence-electron chi connectivity index (χ3n) is 4.02. The van der Waals surface area contributed by atoms with Gasteiger partial charge >= 0.3 is 0 Å². The Morgan fingerprint density at radius 2 is 1.79 bits per heavy atom. The van der Waals surface area contributed by atoms with Crippen molar-refractivity contribution in [1.82, 2.24) is 15.0 Å². The van der Waals surface area contributed by atoms with Crippen molar-refractivity contribution in [3.05, 3.63) is 84.1 Å². The minimum Gasteiger partial charge on any atom is -0.439 e. The summed E-state index contributed by atoms with van der Waals surface area (Å²) in [6.07, 6.45) is 4.37. The summed E-state index contributed by atoms with van der Waals surface area (Å²) >= 11 is 0.